The van der Waals surface area contributed by atoms with Gasteiger partial charge in [-0.25, -0.2) is 4.79 Å². The van der Waals surface area contributed by atoms with Crippen LogP contribution in [0.15, 0.2) is 47.4 Å². The molecule has 1 amide bonds. The van der Waals surface area contributed by atoms with Gasteiger partial charge >= 0.3 is 5.97 Å². The van der Waals surface area contributed by atoms with Crippen LogP contribution in [-0.4, -0.2) is 28.5 Å². The largest absolute Gasteiger partial charge is 0.478 e. The molecule has 0 unspecified atom stereocenters. The van der Waals surface area contributed by atoms with Gasteiger partial charge in [0.25, 0.3) is 5.91 Å². The van der Waals surface area contributed by atoms with Crippen molar-refractivity contribution in [2.75, 3.05) is 6.54 Å². The van der Waals surface area contributed by atoms with Gasteiger partial charge in [0.1, 0.15) is 0 Å². The smallest absolute Gasteiger partial charge is 0.335 e. The number of hydrogen-bond acceptors (Lipinski definition) is 3. The summed E-state index contributed by atoms with van der Waals surface area (Å²) in [5.41, 5.74) is 1.15. The lowest BCUT2D eigenvalue weighted by molar-refractivity contribution is 0.0696. The van der Waals surface area contributed by atoms with Crippen molar-refractivity contribution in [2.24, 2.45) is 0 Å². The van der Waals surface area contributed by atoms with E-state index in [9.17, 15) is 14.4 Å². The van der Waals surface area contributed by atoms with Crippen molar-refractivity contribution >= 4 is 11.9 Å². The molecule has 1 aromatic heterocycles. The van der Waals surface area contributed by atoms with Crippen molar-refractivity contribution in [2.45, 2.75) is 6.42 Å². The molecule has 0 bridgehead atoms. The van der Waals surface area contributed by atoms with E-state index in [1.807, 2.05) is 0 Å². The molecule has 0 aliphatic heterocycles. The molecule has 1 aromatic carbocycles. The second kappa shape index (κ2) is 6.51. The van der Waals surface area contributed by atoms with Crippen LogP contribution in [0.5, 0.6) is 0 Å². The number of H-pyrrole nitrogens is 1. The summed E-state index contributed by atoms with van der Waals surface area (Å²) < 4.78 is 0. The zero-order chi connectivity index (χ0) is 15.2. The van der Waals surface area contributed by atoms with Crippen LogP contribution >= 0.6 is 0 Å². The summed E-state index contributed by atoms with van der Waals surface area (Å²) in [4.78, 5) is 36.0. The second-order valence-corrected chi connectivity index (χ2v) is 4.45. The van der Waals surface area contributed by atoms with Crippen LogP contribution in [0.1, 0.15) is 26.3 Å². The van der Waals surface area contributed by atoms with Crippen molar-refractivity contribution in [1.82, 2.24) is 10.3 Å². The molecule has 3 N–H and O–H groups in total. The Balaban J connectivity index is 1.90. The van der Waals surface area contributed by atoms with E-state index in [1.54, 1.807) is 18.2 Å². The number of carboxylic acid groups (broad SMARTS) is 1. The predicted molar refractivity (Wildman–Crippen MR) is 76.5 cm³/mol. The highest BCUT2D eigenvalue weighted by Crippen LogP contribution is 2.05. The highest BCUT2D eigenvalue weighted by atomic mass is 16.4. The number of hydrogen-bond donors (Lipinski definition) is 3. The summed E-state index contributed by atoms with van der Waals surface area (Å²) in [7, 11) is 0. The van der Waals surface area contributed by atoms with Crippen LogP contribution in [0.2, 0.25) is 0 Å². The van der Waals surface area contributed by atoms with Crippen molar-refractivity contribution < 1.29 is 14.7 Å². The van der Waals surface area contributed by atoms with E-state index in [-0.39, 0.29) is 17.0 Å². The van der Waals surface area contributed by atoms with Crippen molar-refractivity contribution in [3.63, 3.8) is 0 Å². The molecule has 2 aromatic rings. The number of rotatable bonds is 5. The van der Waals surface area contributed by atoms with E-state index >= 15 is 0 Å². The first-order valence-corrected chi connectivity index (χ1v) is 6.35. The number of pyridine rings is 1. The number of carbonyl (C=O) groups is 2. The number of amides is 1. The monoisotopic (exact) mass is 286 g/mol. The molecule has 0 radical (unpaired) electrons. The van der Waals surface area contributed by atoms with Crippen molar-refractivity contribution in [1.29, 1.82) is 0 Å². The van der Waals surface area contributed by atoms with Gasteiger partial charge < -0.3 is 15.4 Å². The van der Waals surface area contributed by atoms with E-state index in [4.69, 9.17) is 5.11 Å². The lowest BCUT2D eigenvalue weighted by Gasteiger charge is -2.06. The molecule has 0 saturated heterocycles. The molecule has 2 rings (SSSR count). The number of nitrogens with one attached hydrogen (secondary N) is 2. The molecule has 108 valence electrons. The Kier molecular flexibility index (Phi) is 4.50. The minimum Gasteiger partial charge on any atom is -0.478 e. The van der Waals surface area contributed by atoms with E-state index in [2.05, 4.69) is 10.3 Å². The minimum atomic E-state index is -0.978. The lowest BCUT2D eigenvalue weighted by Crippen LogP contribution is -2.26. The Labute approximate surface area is 120 Å². The number of aromatic nitrogens is 1. The molecule has 0 aliphatic carbocycles. The van der Waals surface area contributed by atoms with Crippen LogP contribution < -0.4 is 10.9 Å². The van der Waals surface area contributed by atoms with Gasteiger partial charge in [0.15, 0.2) is 0 Å². The average molecular weight is 286 g/mol. The lowest BCUT2D eigenvalue weighted by atomic mass is 10.1. The number of carbonyl (C=O) groups excluding carboxylic acids is 1. The number of carboxylic acids is 1. The Morgan fingerprint density at radius 1 is 1.14 bits per heavy atom. The SMILES string of the molecule is O=C(O)c1cccc(CCNC(=O)c2ccc(=O)[nH]c2)c1. The second-order valence-electron chi connectivity index (χ2n) is 4.45. The molecule has 0 atom stereocenters. The summed E-state index contributed by atoms with van der Waals surface area (Å²) in [6.07, 6.45) is 1.87. The standard InChI is InChI=1S/C15H14N2O4/c18-13-5-4-12(9-17-13)14(19)16-7-6-10-2-1-3-11(8-10)15(20)21/h1-5,8-9H,6-7H2,(H,16,19)(H,17,18)(H,20,21). The number of aromatic carboxylic acids is 1. The first-order chi connectivity index (χ1) is 10.1. The molecular formula is C15H14N2O4. The van der Waals surface area contributed by atoms with Gasteiger partial charge in [-0.1, -0.05) is 12.1 Å². The molecule has 0 saturated carbocycles. The van der Waals surface area contributed by atoms with E-state index in [1.165, 1.54) is 24.4 Å². The van der Waals surface area contributed by atoms with Crippen molar-refractivity contribution in [3.8, 4) is 0 Å². The first-order valence-electron chi connectivity index (χ1n) is 6.35. The fourth-order valence-corrected chi connectivity index (χ4v) is 1.83. The molecule has 0 aliphatic rings. The molecular weight excluding hydrogens is 272 g/mol. The van der Waals surface area contributed by atoms with E-state index in [0.717, 1.165) is 5.56 Å². The summed E-state index contributed by atoms with van der Waals surface area (Å²) >= 11 is 0. The van der Waals surface area contributed by atoms with Crippen LogP contribution in [0.3, 0.4) is 0 Å². The maximum atomic E-state index is 11.8. The van der Waals surface area contributed by atoms with Gasteiger partial charge in [0.05, 0.1) is 11.1 Å². The summed E-state index contributed by atoms with van der Waals surface area (Å²) in [5, 5.41) is 11.6. The summed E-state index contributed by atoms with van der Waals surface area (Å²) in [5.74, 6) is -1.27. The zero-order valence-corrected chi connectivity index (χ0v) is 11.1. The third-order valence-electron chi connectivity index (χ3n) is 2.92. The van der Waals surface area contributed by atoms with Crippen molar-refractivity contribution in [3.05, 3.63) is 69.6 Å². The van der Waals surface area contributed by atoms with Gasteiger partial charge in [-0.15, -0.1) is 0 Å². The third-order valence-corrected chi connectivity index (χ3v) is 2.92. The highest BCUT2D eigenvalue weighted by Gasteiger charge is 2.06. The Morgan fingerprint density at radius 2 is 1.95 bits per heavy atom. The Bertz CT molecular complexity index is 701. The topological polar surface area (TPSA) is 99.3 Å². The molecule has 0 spiro atoms. The fraction of sp³-hybridized carbons (Fsp3) is 0.133. The van der Waals surface area contributed by atoms with Gasteiger partial charge in [-0.3, -0.25) is 9.59 Å². The first kappa shape index (κ1) is 14.5. The molecule has 21 heavy (non-hydrogen) atoms. The molecule has 1 heterocycles. The Morgan fingerprint density at radius 3 is 2.62 bits per heavy atom. The normalized spacial score (nSPS) is 10.1. The maximum Gasteiger partial charge on any atom is 0.335 e. The number of benzene rings is 1. The average Bonchev–Trinajstić information content (AvgIpc) is 2.48. The highest BCUT2D eigenvalue weighted by molar-refractivity contribution is 5.93. The van der Waals surface area contributed by atoms with E-state index in [0.29, 0.717) is 18.5 Å². The van der Waals surface area contributed by atoms with Crippen LogP contribution in [0.4, 0.5) is 0 Å². The van der Waals surface area contributed by atoms with Crippen LogP contribution in [0.25, 0.3) is 0 Å². The molecule has 0 fully saturated rings. The maximum absolute atomic E-state index is 11.8. The van der Waals surface area contributed by atoms with Gasteiger partial charge in [-0.2, -0.15) is 0 Å². The quantitative estimate of drug-likeness (QED) is 0.764. The minimum absolute atomic E-state index is 0.222. The Hall–Kier alpha value is -2.89. The van der Waals surface area contributed by atoms with E-state index < -0.39 is 5.97 Å². The summed E-state index contributed by atoms with van der Waals surface area (Å²) in [6, 6.07) is 9.30. The van der Waals surface area contributed by atoms with Crippen LogP contribution in [0, 0.1) is 0 Å². The predicted octanol–water partition coefficient (Wildman–Crippen LogP) is 1.05. The van der Waals surface area contributed by atoms with Crippen LogP contribution in [-0.2, 0) is 6.42 Å². The number of aromatic amines is 1. The summed E-state index contributed by atoms with van der Waals surface area (Å²) in [6.45, 7) is 0.376. The molecule has 6 heteroatoms. The third kappa shape index (κ3) is 4.04. The zero-order valence-electron chi connectivity index (χ0n) is 11.1. The fourth-order valence-electron chi connectivity index (χ4n) is 1.83. The van der Waals surface area contributed by atoms with Gasteiger partial charge in [0, 0.05) is 18.8 Å². The van der Waals surface area contributed by atoms with Gasteiger partial charge in [-0.05, 0) is 30.2 Å². The van der Waals surface area contributed by atoms with Gasteiger partial charge in [0.2, 0.25) is 5.56 Å². The molecule has 6 nitrogen and oxygen atoms in total.